The van der Waals surface area contributed by atoms with Crippen LogP contribution in [0.1, 0.15) is 31.4 Å². The Morgan fingerprint density at radius 2 is 2.04 bits per heavy atom. The van der Waals surface area contributed by atoms with Crippen molar-refractivity contribution in [2.24, 2.45) is 0 Å². The van der Waals surface area contributed by atoms with Crippen LogP contribution in [0.25, 0.3) is 5.69 Å². The van der Waals surface area contributed by atoms with Crippen LogP contribution in [-0.2, 0) is 11.0 Å². The Hall–Kier alpha value is -2.35. The summed E-state index contributed by atoms with van der Waals surface area (Å²) < 4.78 is 39.6. The minimum atomic E-state index is -4.47. The van der Waals surface area contributed by atoms with E-state index < -0.39 is 11.9 Å². The SMILES string of the molecule is O=C(CCC1CCCN1)Nc1ccc(-n2nccc2C(F)(F)F)cc1. The number of hydrogen-bond acceptors (Lipinski definition) is 3. The van der Waals surface area contributed by atoms with Crippen LogP contribution in [0.3, 0.4) is 0 Å². The minimum absolute atomic E-state index is 0.100. The molecule has 1 aromatic carbocycles. The number of alkyl halides is 3. The van der Waals surface area contributed by atoms with Crippen LogP contribution >= 0.6 is 0 Å². The van der Waals surface area contributed by atoms with E-state index in [4.69, 9.17) is 0 Å². The number of carbonyl (C=O) groups excluding carboxylic acids is 1. The zero-order valence-electron chi connectivity index (χ0n) is 13.5. The molecular formula is C17H19F3N4O. The molecule has 134 valence electrons. The highest BCUT2D eigenvalue weighted by Gasteiger charge is 2.35. The van der Waals surface area contributed by atoms with Gasteiger partial charge in [-0.25, -0.2) is 4.68 Å². The maximum atomic E-state index is 12.9. The number of benzene rings is 1. The third-order valence-corrected chi connectivity index (χ3v) is 4.21. The molecule has 1 aliphatic rings. The highest BCUT2D eigenvalue weighted by molar-refractivity contribution is 5.90. The Bertz CT molecular complexity index is 718. The predicted molar refractivity (Wildman–Crippen MR) is 87.5 cm³/mol. The molecule has 0 saturated carbocycles. The van der Waals surface area contributed by atoms with Crippen molar-refractivity contribution in [2.75, 3.05) is 11.9 Å². The van der Waals surface area contributed by atoms with Crippen molar-refractivity contribution in [1.29, 1.82) is 0 Å². The molecule has 0 radical (unpaired) electrons. The van der Waals surface area contributed by atoms with E-state index in [2.05, 4.69) is 15.7 Å². The summed E-state index contributed by atoms with van der Waals surface area (Å²) in [5, 5.41) is 9.82. The van der Waals surface area contributed by atoms with Crippen LogP contribution in [0.4, 0.5) is 18.9 Å². The van der Waals surface area contributed by atoms with Gasteiger partial charge in [-0.15, -0.1) is 0 Å². The van der Waals surface area contributed by atoms with Gasteiger partial charge in [0.2, 0.25) is 5.91 Å². The van der Waals surface area contributed by atoms with Crippen molar-refractivity contribution < 1.29 is 18.0 Å². The zero-order chi connectivity index (χ0) is 17.9. The van der Waals surface area contributed by atoms with E-state index in [0.29, 0.717) is 18.2 Å². The summed E-state index contributed by atoms with van der Waals surface area (Å²) in [6.07, 6.45) is 0.0602. The molecular weight excluding hydrogens is 333 g/mol. The standard InChI is InChI=1S/C17H19F3N4O/c18-17(19,20)15-9-11-22-24(15)14-6-3-13(4-7-14)23-16(25)8-5-12-2-1-10-21-12/h3-4,6-7,9,11-12,21H,1-2,5,8,10H2,(H,23,25). The van der Waals surface area contributed by atoms with Crippen LogP contribution in [0, 0.1) is 0 Å². The zero-order valence-corrected chi connectivity index (χ0v) is 13.5. The molecule has 0 spiro atoms. The molecule has 1 fully saturated rings. The number of hydrogen-bond donors (Lipinski definition) is 2. The van der Waals surface area contributed by atoms with Crippen molar-refractivity contribution in [3.8, 4) is 5.69 Å². The quantitative estimate of drug-likeness (QED) is 0.867. The van der Waals surface area contributed by atoms with Crippen LogP contribution in [-0.4, -0.2) is 28.3 Å². The monoisotopic (exact) mass is 352 g/mol. The second-order valence-electron chi connectivity index (χ2n) is 6.05. The Morgan fingerprint density at radius 1 is 1.28 bits per heavy atom. The number of carbonyl (C=O) groups is 1. The number of aromatic nitrogens is 2. The molecule has 25 heavy (non-hydrogen) atoms. The largest absolute Gasteiger partial charge is 0.433 e. The van der Waals surface area contributed by atoms with Crippen molar-refractivity contribution >= 4 is 11.6 Å². The fourth-order valence-corrected chi connectivity index (χ4v) is 2.94. The fourth-order valence-electron chi connectivity index (χ4n) is 2.94. The predicted octanol–water partition coefficient (Wildman–Crippen LogP) is 3.36. The molecule has 1 aromatic heterocycles. The molecule has 8 heteroatoms. The summed E-state index contributed by atoms with van der Waals surface area (Å²) in [6.45, 7) is 1.00. The van der Waals surface area contributed by atoms with Crippen molar-refractivity contribution in [2.45, 2.75) is 37.9 Å². The van der Waals surface area contributed by atoms with Gasteiger partial charge in [-0.1, -0.05) is 0 Å². The third-order valence-electron chi connectivity index (χ3n) is 4.21. The highest BCUT2D eigenvalue weighted by Crippen LogP contribution is 2.30. The summed E-state index contributed by atoms with van der Waals surface area (Å²) in [7, 11) is 0. The molecule has 0 bridgehead atoms. The second kappa shape index (κ2) is 7.26. The lowest BCUT2D eigenvalue weighted by Crippen LogP contribution is -2.23. The molecule has 1 amide bonds. The van der Waals surface area contributed by atoms with E-state index in [9.17, 15) is 18.0 Å². The summed E-state index contributed by atoms with van der Waals surface area (Å²) >= 11 is 0. The molecule has 0 aliphatic carbocycles. The van der Waals surface area contributed by atoms with Gasteiger partial charge in [0, 0.05) is 18.2 Å². The van der Waals surface area contributed by atoms with Gasteiger partial charge >= 0.3 is 6.18 Å². The topological polar surface area (TPSA) is 59.0 Å². The van der Waals surface area contributed by atoms with E-state index in [1.54, 1.807) is 12.1 Å². The molecule has 2 aromatic rings. The highest BCUT2D eigenvalue weighted by atomic mass is 19.4. The van der Waals surface area contributed by atoms with E-state index in [1.165, 1.54) is 12.1 Å². The first-order valence-electron chi connectivity index (χ1n) is 8.18. The fraction of sp³-hybridized carbons (Fsp3) is 0.412. The molecule has 1 unspecified atom stereocenters. The van der Waals surface area contributed by atoms with Gasteiger partial charge in [-0.3, -0.25) is 4.79 Å². The summed E-state index contributed by atoms with van der Waals surface area (Å²) in [6, 6.07) is 7.46. The van der Waals surface area contributed by atoms with Crippen LogP contribution in [0.5, 0.6) is 0 Å². The van der Waals surface area contributed by atoms with Gasteiger partial charge in [0.25, 0.3) is 0 Å². The van der Waals surface area contributed by atoms with Crippen LogP contribution in [0.15, 0.2) is 36.5 Å². The Morgan fingerprint density at radius 3 is 2.68 bits per heavy atom. The number of rotatable bonds is 5. The second-order valence-corrected chi connectivity index (χ2v) is 6.05. The summed E-state index contributed by atoms with van der Waals surface area (Å²) in [4.78, 5) is 12.0. The number of anilines is 1. The van der Waals surface area contributed by atoms with Crippen LogP contribution in [0.2, 0.25) is 0 Å². The van der Waals surface area contributed by atoms with Crippen LogP contribution < -0.4 is 10.6 Å². The molecule has 1 saturated heterocycles. The van der Waals surface area contributed by atoms with E-state index >= 15 is 0 Å². The van der Waals surface area contributed by atoms with E-state index in [0.717, 1.165) is 42.8 Å². The Kier molecular flexibility index (Phi) is 5.08. The Labute approximate surface area is 143 Å². The van der Waals surface area contributed by atoms with Crippen molar-refractivity contribution in [3.05, 3.63) is 42.2 Å². The third kappa shape index (κ3) is 4.39. The van der Waals surface area contributed by atoms with Gasteiger partial charge < -0.3 is 10.6 Å². The maximum Gasteiger partial charge on any atom is 0.433 e. The first kappa shape index (κ1) is 17.5. The first-order valence-corrected chi connectivity index (χ1v) is 8.18. The van der Waals surface area contributed by atoms with Gasteiger partial charge in [-0.05, 0) is 56.1 Å². The van der Waals surface area contributed by atoms with Crippen molar-refractivity contribution in [3.63, 3.8) is 0 Å². The minimum Gasteiger partial charge on any atom is -0.326 e. The van der Waals surface area contributed by atoms with Crippen molar-refractivity contribution in [1.82, 2.24) is 15.1 Å². The molecule has 2 heterocycles. The van der Waals surface area contributed by atoms with E-state index in [1.807, 2.05) is 0 Å². The molecule has 1 aliphatic heterocycles. The van der Waals surface area contributed by atoms with Gasteiger partial charge in [0.1, 0.15) is 5.69 Å². The van der Waals surface area contributed by atoms with Gasteiger partial charge in [0.05, 0.1) is 11.9 Å². The average molecular weight is 352 g/mol. The molecule has 2 N–H and O–H groups in total. The maximum absolute atomic E-state index is 12.9. The molecule has 1 atom stereocenters. The van der Waals surface area contributed by atoms with Gasteiger partial charge in [-0.2, -0.15) is 18.3 Å². The lowest BCUT2D eigenvalue weighted by atomic mass is 10.1. The molecule has 3 rings (SSSR count). The van der Waals surface area contributed by atoms with Gasteiger partial charge in [0.15, 0.2) is 0 Å². The number of nitrogens with zero attached hydrogens (tertiary/aromatic N) is 2. The summed E-state index contributed by atoms with van der Waals surface area (Å²) in [5.74, 6) is -0.100. The normalized spacial score (nSPS) is 17.6. The lowest BCUT2D eigenvalue weighted by Gasteiger charge is -2.12. The Balaban J connectivity index is 1.60. The summed E-state index contributed by atoms with van der Waals surface area (Å²) in [5.41, 5.74) is -0.00678. The van der Waals surface area contributed by atoms with E-state index in [-0.39, 0.29) is 11.6 Å². The lowest BCUT2D eigenvalue weighted by molar-refractivity contribution is -0.142. The average Bonchev–Trinajstić information content (AvgIpc) is 3.25. The number of amides is 1. The number of nitrogens with one attached hydrogen (secondary N) is 2. The molecule has 5 nitrogen and oxygen atoms in total. The number of halogens is 3. The smallest absolute Gasteiger partial charge is 0.326 e. The first-order chi connectivity index (χ1) is 11.9.